The van der Waals surface area contributed by atoms with Crippen molar-refractivity contribution in [1.82, 2.24) is 0 Å². The first-order valence-corrected chi connectivity index (χ1v) is 5.95. The quantitative estimate of drug-likeness (QED) is 0.294. The molecule has 0 spiro atoms. The van der Waals surface area contributed by atoms with Crippen molar-refractivity contribution in [3.8, 4) is 0 Å². The van der Waals surface area contributed by atoms with Crippen LogP contribution in [0.2, 0.25) is 0 Å². The number of carbonyl (C=O) groups is 1. The van der Waals surface area contributed by atoms with Gasteiger partial charge >= 0.3 is 25.4 Å². The van der Waals surface area contributed by atoms with Gasteiger partial charge in [0, 0.05) is 6.42 Å². The van der Waals surface area contributed by atoms with Gasteiger partial charge in [0.1, 0.15) is 0 Å². The minimum atomic E-state index is -0.0826. The van der Waals surface area contributed by atoms with Crippen LogP contribution in [0, 0.1) is 11.8 Å². The normalized spacial score (nSPS) is 9.87. The maximum atomic E-state index is 11.0. The number of carbonyl (C=O) groups excluding carboxylic acids is 1. The third-order valence-corrected chi connectivity index (χ3v) is 2.63. The van der Waals surface area contributed by atoms with Crippen molar-refractivity contribution in [3.05, 3.63) is 11.8 Å². The van der Waals surface area contributed by atoms with Crippen LogP contribution in [-0.2, 0) is 29.0 Å². The topological polar surface area (TPSA) is 26.3 Å². The Balaban J connectivity index is 0. The predicted molar refractivity (Wildman–Crippen MR) is 61.9 cm³/mol. The van der Waals surface area contributed by atoms with Gasteiger partial charge in [-0.3, -0.25) is 9.62 Å². The molecule has 0 rings (SSSR count). The van der Waals surface area contributed by atoms with Gasteiger partial charge in [0.05, 0.1) is 6.61 Å². The van der Waals surface area contributed by atoms with Gasteiger partial charge in [-0.2, -0.15) is 12.8 Å². The monoisotopic (exact) mass is 326 g/mol. The van der Waals surface area contributed by atoms with E-state index in [1.807, 2.05) is 6.92 Å². The van der Waals surface area contributed by atoms with Crippen LogP contribution < -0.4 is 0 Å². The summed E-state index contributed by atoms with van der Waals surface area (Å²) in [5.41, 5.74) is 0. The molecule has 0 aliphatic heterocycles. The number of ether oxygens (including phenoxy) is 1. The van der Waals surface area contributed by atoms with Crippen LogP contribution in [0.25, 0.3) is 0 Å². The Bertz CT molecular complexity index is 154. The van der Waals surface area contributed by atoms with E-state index in [0.717, 1.165) is 32.1 Å². The van der Waals surface area contributed by atoms with E-state index in [4.69, 9.17) is 4.74 Å². The Hall–Kier alpha value is 0.573. The SMILES string of the molecule is [CH2-]CC[C-](Br)CCCCC(=O)OCC.[Zn+2]. The van der Waals surface area contributed by atoms with Crippen molar-refractivity contribution >= 4 is 21.9 Å². The van der Waals surface area contributed by atoms with Gasteiger partial charge in [0.2, 0.25) is 0 Å². The van der Waals surface area contributed by atoms with Gasteiger partial charge in [-0.05, 0) is 13.3 Å². The van der Waals surface area contributed by atoms with Gasteiger partial charge < -0.3 is 27.6 Å². The van der Waals surface area contributed by atoms with E-state index in [1.165, 1.54) is 4.83 Å². The molecule has 15 heavy (non-hydrogen) atoms. The zero-order valence-electron chi connectivity index (χ0n) is 9.56. The molecule has 2 nitrogen and oxygen atoms in total. The first-order chi connectivity index (χ1) is 6.70. The van der Waals surface area contributed by atoms with Gasteiger partial charge in [0.25, 0.3) is 0 Å². The predicted octanol–water partition coefficient (Wildman–Crippen LogP) is 3.65. The third kappa shape index (κ3) is 12.5. The van der Waals surface area contributed by atoms with Crippen LogP contribution in [0.4, 0.5) is 0 Å². The van der Waals surface area contributed by atoms with Crippen LogP contribution in [0.3, 0.4) is 0 Å². The molecule has 0 aromatic rings. The van der Waals surface area contributed by atoms with Crippen molar-refractivity contribution in [2.75, 3.05) is 6.61 Å². The molecule has 0 aromatic heterocycles. The van der Waals surface area contributed by atoms with E-state index < -0.39 is 0 Å². The fraction of sp³-hybridized carbons (Fsp3) is 0.727. The van der Waals surface area contributed by atoms with Crippen LogP contribution in [0.5, 0.6) is 0 Å². The molecule has 0 radical (unpaired) electrons. The fourth-order valence-corrected chi connectivity index (χ4v) is 1.70. The zero-order chi connectivity index (χ0) is 10.8. The zero-order valence-corrected chi connectivity index (χ0v) is 14.1. The Morgan fingerprint density at radius 1 is 1.40 bits per heavy atom. The maximum absolute atomic E-state index is 11.0. The molecule has 0 heterocycles. The Morgan fingerprint density at radius 2 is 2.07 bits per heavy atom. The molecule has 0 saturated carbocycles. The smallest absolute Gasteiger partial charge is 0.466 e. The molecule has 0 amide bonds. The molecule has 0 aliphatic carbocycles. The molecule has 0 atom stereocenters. The first kappa shape index (κ1) is 18.0. The van der Waals surface area contributed by atoms with Gasteiger partial charge in [-0.15, -0.1) is 0 Å². The molecule has 0 aliphatic rings. The summed E-state index contributed by atoms with van der Waals surface area (Å²) in [5.74, 6) is -0.0826. The van der Waals surface area contributed by atoms with E-state index in [1.54, 1.807) is 0 Å². The molecular weight excluding hydrogens is 309 g/mol. The van der Waals surface area contributed by atoms with E-state index in [-0.39, 0.29) is 25.4 Å². The maximum Gasteiger partial charge on any atom is 2.00 e. The fourth-order valence-electron chi connectivity index (χ4n) is 1.14. The summed E-state index contributed by atoms with van der Waals surface area (Å²) in [7, 11) is 0. The van der Waals surface area contributed by atoms with Crippen LogP contribution in [0.1, 0.15) is 45.4 Å². The largest absolute Gasteiger partial charge is 2.00 e. The number of esters is 1. The standard InChI is InChI=1S/C11H19BrO2.Zn/c1-3-7-10(12)8-5-6-9-11(13)14-4-2;/h1,3-9H2,2H3;/q-2;+2. The molecule has 0 bridgehead atoms. The number of rotatable bonds is 8. The first-order valence-electron chi connectivity index (χ1n) is 5.15. The summed E-state index contributed by atoms with van der Waals surface area (Å²) < 4.78 is 4.83. The van der Waals surface area contributed by atoms with Crippen molar-refractivity contribution in [3.63, 3.8) is 0 Å². The summed E-state index contributed by atoms with van der Waals surface area (Å²) in [6.07, 6.45) is 5.48. The van der Waals surface area contributed by atoms with E-state index in [9.17, 15) is 4.79 Å². The molecule has 0 aromatic carbocycles. The molecule has 4 heteroatoms. The second-order valence-electron chi connectivity index (χ2n) is 3.13. The van der Waals surface area contributed by atoms with Crippen LogP contribution >= 0.6 is 15.9 Å². The van der Waals surface area contributed by atoms with Crippen molar-refractivity contribution in [1.29, 1.82) is 0 Å². The average molecular weight is 329 g/mol. The number of hydrogen-bond acceptors (Lipinski definition) is 2. The average Bonchev–Trinajstić information content (AvgIpc) is 2.13. The van der Waals surface area contributed by atoms with Crippen LogP contribution in [0.15, 0.2) is 0 Å². The Kier molecular flexibility index (Phi) is 15.1. The molecular formula is C11H19BrO2Zn. The second kappa shape index (κ2) is 12.6. The molecule has 0 saturated heterocycles. The minimum absolute atomic E-state index is 0. The second-order valence-corrected chi connectivity index (χ2v) is 4.25. The van der Waals surface area contributed by atoms with E-state index in [0.29, 0.717) is 13.0 Å². The minimum Gasteiger partial charge on any atom is -0.466 e. The summed E-state index contributed by atoms with van der Waals surface area (Å²) >= 11 is 3.50. The van der Waals surface area contributed by atoms with E-state index in [2.05, 4.69) is 22.9 Å². The van der Waals surface area contributed by atoms with Crippen LogP contribution in [-0.4, -0.2) is 12.6 Å². The number of halogens is 1. The summed E-state index contributed by atoms with van der Waals surface area (Å²) in [5, 5.41) is 0. The third-order valence-electron chi connectivity index (χ3n) is 1.83. The van der Waals surface area contributed by atoms with Gasteiger partial charge in [-0.1, -0.05) is 6.42 Å². The Labute approximate surface area is 114 Å². The number of hydrogen-bond donors (Lipinski definition) is 0. The molecule has 0 fully saturated rings. The molecule has 0 N–H and O–H groups in total. The van der Waals surface area contributed by atoms with E-state index >= 15 is 0 Å². The summed E-state index contributed by atoms with van der Waals surface area (Å²) in [6, 6.07) is 0. The van der Waals surface area contributed by atoms with Crippen molar-refractivity contribution < 1.29 is 29.0 Å². The summed E-state index contributed by atoms with van der Waals surface area (Å²) in [6.45, 7) is 6.09. The van der Waals surface area contributed by atoms with Crippen molar-refractivity contribution in [2.24, 2.45) is 0 Å². The van der Waals surface area contributed by atoms with Gasteiger partial charge in [-0.25, -0.2) is 6.42 Å². The molecule has 0 unspecified atom stereocenters. The molecule has 84 valence electrons. The summed E-state index contributed by atoms with van der Waals surface area (Å²) in [4.78, 5) is 12.3. The number of unbranched alkanes of at least 4 members (excludes halogenated alkanes) is 1. The Morgan fingerprint density at radius 3 is 2.60 bits per heavy atom. The van der Waals surface area contributed by atoms with Gasteiger partial charge in [0.15, 0.2) is 0 Å². The van der Waals surface area contributed by atoms with Crippen molar-refractivity contribution in [2.45, 2.75) is 45.4 Å².